The van der Waals surface area contributed by atoms with E-state index in [1.165, 1.54) is 38.6 Å². The van der Waals surface area contributed by atoms with Crippen molar-refractivity contribution in [1.82, 2.24) is 4.90 Å². The highest BCUT2D eigenvalue weighted by Gasteiger charge is 2.29. The zero-order valence-electron chi connectivity index (χ0n) is 9.45. The van der Waals surface area contributed by atoms with E-state index in [4.69, 9.17) is 5.73 Å². The molecular formula is C12H22N2O. The third-order valence-corrected chi connectivity index (χ3v) is 3.95. The highest BCUT2D eigenvalue weighted by molar-refractivity contribution is 5.76. The molecule has 15 heavy (non-hydrogen) atoms. The number of rotatable bonds is 2. The van der Waals surface area contributed by atoms with Crippen molar-refractivity contribution in [2.24, 2.45) is 11.7 Å². The van der Waals surface area contributed by atoms with Crippen LogP contribution >= 0.6 is 0 Å². The van der Waals surface area contributed by atoms with E-state index < -0.39 is 0 Å². The van der Waals surface area contributed by atoms with Crippen LogP contribution in [-0.4, -0.2) is 29.9 Å². The lowest BCUT2D eigenvalue weighted by Crippen LogP contribution is -2.46. The molecule has 1 unspecified atom stereocenters. The Kier molecular flexibility index (Phi) is 3.62. The fourth-order valence-corrected chi connectivity index (χ4v) is 3.02. The van der Waals surface area contributed by atoms with Crippen LogP contribution in [0.2, 0.25) is 0 Å². The molecule has 3 nitrogen and oxygen atoms in total. The molecule has 86 valence electrons. The predicted molar refractivity (Wildman–Crippen MR) is 60.4 cm³/mol. The molecule has 3 heteroatoms. The first kappa shape index (κ1) is 10.9. The largest absolute Gasteiger partial charge is 0.369 e. The topological polar surface area (TPSA) is 46.3 Å². The van der Waals surface area contributed by atoms with Crippen LogP contribution in [0.3, 0.4) is 0 Å². The highest BCUT2D eigenvalue weighted by atomic mass is 16.1. The van der Waals surface area contributed by atoms with Gasteiger partial charge in [-0.15, -0.1) is 0 Å². The molecule has 1 atom stereocenters. The fourth-order valence-electron chi connectivity index (χ4n) is 3.02. The number of hydrogen-bond acceptors (Lipinski definition) is 2. The summed E-state index contributed by atoms with van der Waals surface area (Å²) in [6.07, 6.45) is 8.91. The van der Waals surface area contributed by atoms with Gasteiger partial charge in [0, 0.05) is 12.6 Å². The van der Waals surface area contributed by atoms with Gasteiger partial charge in [-0.05, 0) is 32.2 Å². The summed E-state index contributed by atoms with van der Waals surface area (Å²) in [5, 5.41) is 0. The second-order valence-corrected chi connectivity index (χ2v) is 5.03. The summed E-state index contributed by atoms with van der Waals surface area (Å²) < 4.78 is 0. The number of likely N-dealkylation sites (tertiary alicyclic amines) is 1. The number of piperidine rings is 1. The van der Waals surface area contributed by atoms with Crippen molar-refractivity contribution in [2.45, 2.75) is 51.0 Å². The molecule has 0 aromatic heterocycles. The molecular weight excluding hydrogens is 188 g/mol. The number of nitrogens with two attached hydrogens (primary N) is 1. The monoisotopic (exact) mass is 210 g/mol. The SMILES string of the molecule is NC(=O)C1CCCN(C2CCCCC2)C1. The summed E-state index contributed by atoms with van der Waals surface area (Å²) in [4.78, 5) is 13.7. The second-order valence-electron chi connectivity index (χ2n) is 5.03. The Morgan fingerprint density at radius 2 is 1.80 bits per heavy atom. The van der Waals surface area contributed by atoms with E-state index in [-0.39, 0.29) is 11.8 Å². The van der Waals surface area contributed by atoms with Gasteiger partial charge in [0.25, 0.3) is 0 Å². The normalized spacial score (nSPS) is 30.3. The third kappa shape index (κ3) is 2.71. The van der Waals surface area contributed by atoms with Crippen LogP contribution in [0.25, 0.3) is 0 Å². The van der Waals surface area contributed by atoms with Crippen LogP contribution in [0.15, 0.2) is 0 Å². The average molecular weight is 210 g/mol. The fraction of sp³-hybridized carbons (Fsp3) is 0.917. The second kappa shape index (κ2) is 4.97. The molecule has 2 fully saturated rings. The summed E-state index contributed by atoms with van der Waals surface area (Å²) in [7, 11) is 0. The molecule has 0 aromatic rings. The first-order valence-electron chi connectivity index (χ1n) is 6.31. The molecule has 1 saturated carbocycles. The molecule has 1 amide bonds. The minimum atomic E-state index is -0.101. The maximum absolute atomic E-state index is 11.2. The Morgan fingerprint density at radius 1 is 1.07 bits per heavy atom. The van der Waals surface area contributed by atoms with Crippen LogP contribution in [0, 0.1) is 5.92 Å². The summed E-state index contributed by atoms with van der Waals surface area (Å²) >= 11 is 0. The van der Waals surface area contributed by atoms with E-state index in [2.05, 4.69) is 4.90 Å². The molecule has 2 rings (SSSR count). The molecule has 1 heterocycles. The van der Waals surface area contributed by atoms with Crippen molar-refractivity contribution >= 4 is 5.91 Å². The molecule has 1 aliphatic carbocycles. The number of primary amides is 1. The van der Waals surface area contributed by atoms with Crippen LogP contribution in [0.5, 0.6) is 0 Å². The minimum absolute atomic E-state index is 0.101. The smallest absolute Gasteiger partial charge is 0.221 e. The Hall–Kier alpha value is -0.570. The van der Waals surface area contributed by atoms with E-state index >= 15 is 0 Å². The van der Waals surface area contributed by atoms with E-state index in [0.29, 0.717) is 0 Å². The van der Waals surface area contributed by atoms with E-state index in [1.807, 2.05) is 0 Å². The molecule has 0 spiro atoms. The zero-order chi connectivity index (χ0) is 10.7. The van der Waals surface area contributed by atoms with Gasteiger partial charge in [-0.2, -0.15) is 0 Å². The van der Waals surface area contributed by atoms with Gasteiger partial charge in [0.05, 0.1) is 5.92 Å². The van der Waals surface area contributed by atoms with Gasteiger partial charge < -0.3 is 5.73 Å². The lowest BCUT2D eigenvalue weighted by molar-refractivity contribution is -0.123. The first-order chi connectivity index (χ1) is 7.27. The average Bonchev–Trinajstić information content (AvgIpc) is 2.30. The van der Waals surface area contributed by atoms with E-state index in [1.54, 1.807) is 0 Å². The summed E-state index contributed by atoms with van der Waals surface area (Å²) in [5.74, 6) is 0.0104. The van der Waals surface area contributed by atoms with Crippen LogP contribution in [0.4, 0.5) is 0 Å². The zero-order valence-corrected chi connectivity index (χ0v) is 9.45. The van der Waals surface area contributed by atoms with Gasteiger partial charge in [0.2, 0.25) is 5.91 Å². The van der Waals surface area contributed by atoms with E-state index in [9.17, 15) is 4.79 Å². The summed E-state index contributed by atoms with van der Waals surface area (Å²) in [5.41, 5.74) is 5.39. The number of amides is 1. The molecule has 0 aromatic carbocycles. The summed E-state index contributed by atoms with van der Waals surface area (Å²) in [6, 6.07) is 0.737. The molecule has 2 aliphatic rings. The van der Waals surface area contributed by atoms with Gasteiger partial charge in [-0.25, -0.2) is 0 Å². The van der Waals surface area contributed by atoms with Gasteiger partial charge in [0.15, 0.2) is 0 Å². The lowest BCUT2D eigenvalue weighted by Gasteiger charge is -2.39. The maximum atomic E-state index is 11.2. The Balaban J connectivity index is 1.88. The minimum Gasteiger partial charge on any atom is -0.369 e. The number of nitrogens with zero attached hydrogens (tertiary/aromatic N) is 1. The van der Waals surface area contributed by atoms with Crippen LogP contribution < -0.4 is 5.73 Å². The van der Waals surface area contributed by atoms with Gasteiger partial charge in [0.1, 0.15) is 0 Å². The predicted octanol–water partition coefficient (Wildman–Crippen LogP) is 1.52. The van der Waals surface area contributed by atoms with Crippen molar-refractivity contribution in [1.29, 1.82) is 0 Å². The maximum Gasteiger partial charge on any atom is 0.221 e. The van der Waals surface area contributed by atoms with Crippen molar-refractivity contribution < 1.29 is 4.79 Å². The molecule has 2 N–H and O–H groups in total. The third-order valence-electron chi connectivity index (χ3n) is 3.95. The quantitative estimate of drug-likeness (QED) is 0.751. The van der Waals surface area contributed by atoms with Gasteiger partial charge >= 0.3 is 0 Å². The van der Waals surface area contributed by atoms with Crippen LogP contribution in [-0.2, 0) is 4.79 Å². The highest BCUT2D eigenvalue weighted by Crippen LogP contribution is 2.26. The standard InChI is InChI=1S/C12H22N2O/c13-12(15)10-5-4-8-14(9-10)11-6-2-1-3-7-11/h10-11H,1-9H2,(H2,13,15). The van der Waals surface area contributed by atoms with Crippen molar-refractivity contribution in [2.75, 3.05) is 13.1 Å². The Labute approximate surface area is 92.0 Å². The molecule has 1 saturated heterocycles. The molecule has 1 aliphatic heterocycles. The molecule has 0 radical (unpaired) electrons. The molecule has 0 bridgehead atoms. The number of carbonyl (C=O) groups excluding carboxylic acids is 1. The van der Waals surface area contributed by atoms with Gasteiger partial charge in [-0.3, -0.25) is 9.69 Å². The Morgan fingerprint density at radius 3 is 2.47 bits per heavy atom. The number of hydrogen-bond donors (Lipinski definition) is 1. The van der Waals surface area contributed by atoms with Crippen molar-refractivity contribution in [3.63, 3.8) is 0 Å². The number of carbonyl (C=O) groups is 1. The Bertz CT molecular complexity index is 224. The van der Waals surface area contributed by atoms with Crippen molar-refractivity contribution in [3.05, 3.63) is 0 Å². The first-order valence-corrected chi connectivity index (χ1v) is 6.31. The lowest BCUT2D eigenvalue weighted by atomic mass is 9.90. The van der Waals surface area contributed by atoms with Crippen molar-refractivity contribution in [3.8, 4) is 0 Å². The van der Waals surface area contributed by atoms with Gasteiger partial charge in [-0.1, -0.05) is 19.3 Å². The summed E-state index contributed by atoms with van der Waals surface area (Å²) in [6.45, 7) is 2.09. The van der Waals surface area contributed by atoms with E-state index in [0.717, 1.165) is 25.4 Å². The van der Waals surface area contributed by atoms with Crippen LogP contribution in [0.1, 0.15) is 44.9 Å².